The first-order chi connectivity index (χ1) is 7.70. The summed E-state index contributed by atoms with van der Waals surface area (Å²) in [5.41, 5.74) is 2.28. The zero-order valence-electron chi connectivity index (χ0n) is 9.66. The molecule has 2 atom stereocenters. The molecule has 1 saturated carbocycles. The Morgan fingerprint density at radius 2 is 2.38 bits per heavy atom. The molecule has 0 saturated heterocycles. The minimum Gasteiger partial charge on any atom is -0.466 e. The van der Waals surface area contributed by atoms with Gasteiger partial charge in [-0.3, -0.25) is 9.63 Å². The van der Waals surface area contributed by atoms with Crippen LogP contribution in [0.15, 0.2) is 16.5 Å². The highest BCUT2D eigenvalue weighted by Crippen LogP contribution is 2.47. The predicted molar refractivity (Wildman–Crippen MR) is 58.7 cm³/mol. The van der Waals surface area contributed by atoms with Crippen LogP contribution in [-0.2, 0) is 16.1 Å². The summed E-state index contributed by atoms with van der Waals surface area (Å²) in [6.45, 7) is 2.22. The monoisotopic (exact) mass is 223 g/mol. The van der Waals surface area contributed by atoms with Crippen LogP contribution in [-0.4, -0.2) is 13.0 Å². The maximum atomic E-state index is 11.1. The van der Waals surface area contributed by atoms with Gasteiger partial charge in [0.1, 0.15) is 11.5 Å². The molecule has 4 nitrogen and oxygen atoms in total. The fourth-order valence-corrected chi connectivity index (χ4v) is 1.85. The molecule has 0 aliphatic heterocycles. The largest absolute Gasteiger partial charge is 0.466 e. The zero-order valence-corrected chi connectivity index (χ0v) is 9.66. The van der Waals surface area contributed by atoms with Crippen LogP contribution in [0.5, 0.6) is 0 Å². The van der Waals surface area contributed by atoms with Crippen molar-refractivity contribution in [1.29, 1.82) is 0 Å². The lowest BCUT2D eigenvalue weighted by Crippen LogP contribution is -2.21. The van der Waals surface area contributed by atoms with E-state index in [0.717, 1.165) is 17.4 Å². The van der Waals surface area contributed by atoms with Gasteiger partial charge in [-0.25, -0.2) is 5.48 Å². The van der Waals surface area contributed by atoms with Crippen LogP contribution in [0, 0.1) is 5.92 Å². The SMILES string of the molecule is CONC(=O)CCc1ccc([C@@H]2C[C@H]2C)o1. The van der Waals surface area contributed by atoms with Crippen molar-refractivity contribution in [2.45, 2.75) is 32.1 Å². The fraction of sp³-hybridized carbons (Fsp3) is 0.583. The molecular weight excluding hydrogens is 206 g/mol. The highest BCUT2D eigenvalue weighted by Gasteiger charge is 2.36. The van der Waals surface area contributed by atoms with Gasteiger partial charge in [-0.1, -0.05) is 6.92 Å². The maximum absolute atomic E-state index is 11.1. The van der Waals surface area contributed by atoms with E-state index < -0.39 is 0 Å². The molecule has 1 aromatic rings. The Kier molecular flexibility index (Phi) is 3.29. The number of rotatable bonds is 5. The normalized spacial score (nSPS) is 23.1. The Balaban J connectivity index is 1.81. The number of furan rings is 1. The van der Waals surface area contributed by atoms with Gasteiger partial charge in [0.05, 0.1) is 7.11 Å². The summed E-state index contributed by atoms with van der Waals surface area (Å²) in [7, 11) is 1.43. The lowest BCUT2D eigenvalue weighted by atomic mass is 10.2. The van der Waals surface area contributed by atoms with Crippen molar-refractivity contribution in [1.82, 2.24) is 5.48 Å². The molecule has 0 spiro atoms. The molecule has 1 fully saturated rings. The molecule has 16 heavy (non-hydrogen) atoms. The van der Waals surface area contributed by atoms with E-state index in [1.54, 1.807) is 0 Å². The average Bonchev–Trinajstić information content (AvgIpc) is 2.80. The van der Waals surface area contributed by atoms with Crippen LogP contribution in [0.2, 0.25) is 0 Å². The smallest absolute Gasteiger partial charge is 0.243 e. The summed E-state index contributed by atoms with van der Waals surface area (Å²) in [5.74, 6) is 3.16. The van der Waals surface area contributed by atoms with Crippen molar-refractivity contribution in [2.24, 2.45) is 5.92 Å². The second-order valence-corrected chi connectivity index (χ2v) is 4.35. The van der Waals surface area contributed by atoms with Crippen LogP contribution in [0.4, 0.5) is 0 Å². The first kappa shape index (κ1) is 11.2. The van der Waals surface area contributed by atoms with E-state index in [9.17, 15) is 4.79 Å². The van der Waals surface area contributed by atoms with Gasteiger partial charge in [0.25, 0.3) is 0 Å². The molecule has 4 heteroatoms. The Labute approximate surface area is 94.9 Å². The van der Waals surface area contributed by atoms with E-state index in [-0.39, 0.29) is 5.91 Å². The van der Waals surface area contributed by atoms with E-state index in [0.29, 0.717) is 18.8 Å². The molecule has 1 N–H and O–H groups in total. The minimum absolute atomic E-state index is 0.125. The van der Waals surface area contributed by atoms with Crippen molar-refractivity contribution in [3.63, 3.8) is 0 Å². The van der Waals surface area contributed by atoms with Gasteiger partial charge >= 0.3 is 0 Å². The van der Waals surface area contributed by atoms with Gasteiger partial charge in [0.2, 0.25) is 5.91 Å². The van der Waals surface area contributed by atoms with E-state index in [4.69, 9.17) is 4.42 Å². The van der Waals surface area contributed by atoms with Gasteiger partial charge in [0.15, 0.2) is 0 Å². The Morgan fingerprint density at radius 1 is 1.62 bits per heavy atom. The molecule has 0 unspecified atom stereocenters. The van der Waals surface area contributed by atoms with Gasteiger partial charge in [0, 0.05) is 18.8 Å². The van der Waals surface area contributed by atoms with Crippen molar-refractivity contribution < 1.29 is 14.0 Å². The third-order valence-electron chi connectivity index (χ3n) is 2.97. The van der Waals surface area contributed by atoms with Crippen LogP contribution in [0.3, 0.4) is 0 Å². The summed E-state index contributed by atoms with van der Waals surface area (Å²) in [5, 5.41) is 0. The molecular formula is C12H17NO3. The number of carbonyl (C=O) groups is 1. The van der Waals surface area contributed by atoms with Crippen molar-refractivity contribution in [3.05, 3.63) is 23.7 Å². The van der Waals surface area contributed by atoms with Gasteiger partial charge in [-0.2, -0.15) is 0 Å². The average molecular weight is 223 g/mol. The number of aryl methyl sites for hydroxylation is 1. The number of carbonyl (C=O) groups excluding carboxylic acids is 1. The molecule has 1 heterocycles. The fourth-order valence-electron chi connectivity index (χ4n) is 1.85. The van der Waals surface area contributed by atoms with Crippen molar-refractivity contribution in [2.75, 3.05) is 7.11 Å². The van der Waals surface area contributed by atoms with E-state index in [1.807, 2.05) is 12.1 Å². The van der Waals surface area contributed by atoms with Gasteiger partial charge in [-0.05, 0) is 24.5 Å². The highest BCUT2D eigenvalue weighted by molar-refractivity contribution is 5.74. The van der Waals surface area contributed by atoms with E-state index >= 15 is 0 Å². The first-order valence-corrected chi connectivity index (χ1v) is 5.61. The molecule has 0 bridgehead atoms. The third kappa shape index (κ3) is 2.64. The zero-order chi connectivity index (χ0) is 11.5. The van der Waals surface area contributed by atoms with Gasteiger partial charge in [-0.15, -0.1) is 0 Å². The summed E-state index contributed by atoms with van der Waals surface area (Å²) < 4.78 is 5.69. The van der Waals surface area contributed by atoms with Crippen LogP contribution >= 0.6 is 0 Å². The summed E-state index contributed by atoms with van der Waals surface area (Å²) in [6, 6.07) is 3.98. The summed E-state index contributed by atoms with van der Waals surface area (Å²) >= 11 is 0. The van der Waals surface area contributed by atoms with Crippen molar-refractivity contribution >= 4 is 5.91 Å². The lowest BCUT2D eigenvalue weighted by Gasteiger charge is -1.99. The van der Waals surface area contributed by atoms with Crippen LogP contribution in [0.1, 0.15) is 37.2 Å². The quantitative estimate of drug-likeness (QED) is 0.777. The Morgan fingerprint density at radius 3 is 3.00 bits per heavy atom. The summed E-state index contributed by atoms with van der Waals surface area (Å²) in [4.78, 5) is 15.7. The number of nitrogens with one attached hydrogen (secondary N) is 1. The maximum Gasteiger partial charge on any atom is 0.243 e. The van der Waals surface area contributed by atoms with Crippen LogP contribution in [0.25, 0.3) is 0 Å². The van der Waals surface area contributed by atoms with Crippen molar-refractivity contribution in [3.8, 4) is 0 Å². The molecule has 2 rings (SSSR count). The molecule has 0 radical (unpaired) electrons. The van der Waals surface area contributed by atoms with Crippen LogP contribution < -0.4 is 5.48 Å². The number of hydrogen-bond acceptors (Lipinski definition) is 3. The molecule has 1 aromatic heterocycles. The standard InChI is InChI=1S/C12H17NO3/c1-8-7-10(8)11-5-3-9(16-11)4-6-12(14)13-15-2/h3,5,8,10H,4,6-7H2,1-2H3,(H,13,14)/t8-,10-/m1/s1. The molecule has 1 amide bonds. The Bertz CT molecular complexity index is 372. The third-order valence-corrected chi connectivity index (χ3v) is 2.97. The second-order valence-electron chi connectivity index (χ2n) is 4.35. The van der Waals surface area contributed by atoms with E-state index in [1.165, 1.54) is 13.5 Å². The molecule has 88 valence electrons. The topological polar surface area (TPSA) is 51.5 Å². The Hall–Kier alpha value is -1.29. The predicted octanol–water partition coefficient (Wildman–Crippen LogP) is 2.01. The summed E-state index contributed by atoms with van der Waals surface area (Å²) in [6.07, 6.45) is 2.23. The number of hydroxylamine groups is 1. The lowest BCUT2D eigenvalue weighted by molar-refractivity contribution is -0.131. The number of amides is 1. The second kappa shape index (κ2) is 4.70. The molecule has 1 aliphatic carbocycles. The highest BCUT2D eigenvalue weighted by atomic mass is 16.6. The van der Waals surface area contributed by atoms with E-state index in [2.05, 4.69) is 17.2 Å². The number of hydrogen-bond donors (Lipinski definition) is 1. The molecule has 1 aliphatic rings. The van der Waals surface area contributed by atoms with Gasteiger partial charge < -0.3 is 4.42 Å². The minimum atomic E-state index is -0.125. The first-order valence-electron chi connectivity index (χ1n) is 5.61. The molecule has 0 aromatic carbocycles.